The van der Waals surface area contributed by atoms with Crippen LogP contribution in [0.3, 0.4) is 0 Å². The van der Waals surface area contributed by atoms with Crippen molar-refractivity contribution in [1.29, 1.82) is 0 Å². The molecule has 0 bridgehead atoms. The van der Waals surface area contributed by atoms with Crippen LogP contribution in [-0.4, -0.2) is 23.4 Å². The number of ketones is 1. The average molecular weight is 384 g/mol. The number of rotatable bonds is 6. The molecule has 3 rings (SSSR count). The number of nitrogens with zero attached hydrogens (tertiary/aromatic N) is 1. The summed E-state index contributed by atoms with van der Waals surface area (Å²) in [5.41, 5.74) is 3.38. The molecule has 0 amide bonds. The van der Waals surface area contributed by atoms with Crippen LogP contribution in [0.1, 0.15) is 41.4 Å². The SMILES string of the molecule is COc1ccc2c(c1)c(C)c(CCCC(C)=O)n2C(=O)c1ccc(Cl)cc1. The van der Waals surface area contributed by atoms with Crippen LogP contribution in [0.25, 0.3) is 10.9 Å². The van der Waals surface area contributed by atoms with Gasteiger partial charge < -0.3 is 9.53 Å². The maximum absolute atomic E-state index is 13.3. The number of Topliss-reactive ketones (excluding diaryl/α,β-unsaturated/α-hetero) is 1. The molecule has 0 saturated heterocycles. The monoisotopic (exact) mass is 383 g/mol. The highest BCUT2D eigenvalue weighted by atomic mass is 35.5. The molecule has 140 valence electrons. The van der Waals surface area contributed by atoms with Gasteiger partial charge in [0.1, 0.15) is 11.5 Å². The molecule has 0 aliphatic rings. The first-order valence-corrected chi connectivity index (χ1v) is 9.27. The van der Waals surface area contributed by atoms with E-state index in [9.17, 15) is 9.59 Å². The van der Waals surface area contributed by atoms with E-state index in [1.807, 2.05) is 25.1 Å². The molecule has 0 N–H and O–H groups in total. The Morgan fingerprint density at radius 1 is 1.11 bits per heavy atom. The fraction of sp³-hybridized carbons (Fsp3) is 0.273. The van der Waals surface area contributed by atoms with Crippen molar-refractivity contribution in [2.75, 3.05) is 7.11 Å². The predicted octanol–water partition coefficient (Wildman–Crippen LogP) is 5.21. The van der Waals surface area contributed by atoms with Crippen molar-refractivity contribution >= 4 is 34.2 Å². The van der Waals surface area contributed by atoms with Crippen molar-refractivity contribution in [2.24, 2.45) is 0 Å². The third-order valence-corrected chi connectivity index (χ3v) is 5.04. The van der Waals surface area contributed by atoms with Crippen LogP contribution < -0.4 is 4.74 Å². The first kappa shape index (κ1) is 19.2. The molecular formula is C22H22ClNO3. The van der Waals surface area contributed by atoms with Crippen LogP contribution in [0.2, 0.25) is 5.02 Å². The third kappa shape index (κ3) is 3.91. The Bertz CT molecular complexity index is 1000. The van der Waals surface area contributed by atoms with Crippen molar-refractivity contribution in [1.82, 2.24) is 4.57 Å². The smallest absolute Gasteiger partial charge is 0.262 e. The molecule has 2 aromatic carbocycles. The quantitative estimate of drug-likeness (QED) is 0.586. The Hall–Kier alpha value is -2.59. The van der Waals surface area contributed by atoms with Gasteiger partial charge in [0.15, 0.2) is 0 Å². The van der Waals surface area contributed by atoms with Crippen molar-refractivity contribution in [3.63, 3.8) is 0 Å². The van der Waals surface area contributed by atoms with Crippen LogP contribution in [0.5, 0.6) is 5.75 Å². The van der Waals surface area contributed by atoms with Crippen molar-refractivity contribution in [2.45, 2.75) is 33.1 Å². The van der Waals surface area contributed by atoms with E-state index in [1.165, 1.54) is 0 Å². The highest BCUT2D eigenvalue weighted by molar-refractivity contribution is 6.30. The molecule has 0 aliphatic carbocycles. The third-order valence-electron chi connectivity index (χ3n) is 4.79. The largest absolute Gasteiger partial charge is 0.497 e. The Labute approximate surface area is 163 Å². The van der Waals surface area contributed by atoms with Gasteiger partial charge in [0.25, 0.3) is 5.91 Å². The van der Waals surface area contributed by atoms with Crippen molar-refractivity contribution < 1.29 is 14.3 Å². The molecule has 5 heteroatoms. The zero-order valence-corrected chi connectivity index (χ0v) is 16.5. The number of benzene rings is 2. The molecule has 0 atom stereocenters. The highest BCUT2D eigenvalue weighted by Gasteiger charge is 2.20. The van der Waals surface area contributed by atoms with E-state index in [0.717, 1.165) is 27.9 Å². The van der Waals surface area contributed by atoms with Crippen LogP contribution in [0.4, 0.5) is 0 Å². The lowest BCUT2D eigenvalue weighted by molar-refractivity contribution is -0.117. The second kappa shape index (κ2) is 7.97. The number of fused-ring (bicyclic) bond motifs is 1. The highest BCUT2D eigenvalue weighted by Crippen LogP contribution is 2.31. The lowest BCUT2D eigenvalue weighted by Gasteiger charge is -2.11. The number of aryl methyl sites for hydroxylation is 1. The fourth-order valence-electron chi connectivity index (χ4n) is 3.36. The van der Waals surface area contributed by atoms with Gasteiger partial charge in [0.2, 0.25) is 0 Å². The number of ether oxygens (including phenoxy) is 1. The van der Waals surface area contributed by atoms with Crippen LogP contribution in [0.15, 0.2) is 42.5 Å². The molecule has 0 spiro atoms. The maximum atomic E-state index is 13.3. The molecule has 1 heterocycles. The molecule has 0 unspecified atom stereocenters. The number of hydrogen-bond donors (Lipinski definition) is 0. The van der Waals surface area contributed by atoms with Crippen LogP contribution in [0, 0.1) is 6.92 Å². The summed E-state index contributed by atoms with van der Waals surface area (Å²) in [5, 5.41) is 1.57. The number of aromatic nitrogens is 1. The summed E-state index contributed by atoms with van der Waals surface area (Å²) in [6.07, 6.45) is 1.86. The summed E-state index contributed by atoms with van der Waals surface area (Å²) in [4.78, 5) is 24.6. The standard InChI is InChI=1S/C22H22ClNO3/c1-14(25)5-4-6-20-15(2)19-13-18(27-3)11-12-21(19)24(20)22(26)16-7-9-17(23)10-8-16/h7-13H,4-6H2,1-3H3. The molecule has 0 radical (unpaired) electrons. The first-order chi connectivity index (χ1) is 12.9. The maximum Gasteiger partial charge on any atom is 0.262 e. The van der Waals surface area contributed by atoms with Crippen molar-refractivity contribution in [3.05, 3.63) is 64.3 Å². The Morgan fingerprint density at radius 2 is 1.81 bits per heavy atom. The van der Waals surface area contributed by atoms with Crippen LogP contribution in [-0.2, 0) is 11.2 Å². The van der Waals surface area contributed by atoms with Gasteiger partial charge in [-0.1, -0.05) is 11.6 Å². The molecule has 0 fully saturated rings. The predicted molar refractivity (Wildman–Crippen MR) is 108 cm³/mol. The van der Waals surface area contributed by atoms with Crippen molar-refractivity contribution in [3.8, 4) is 5.75 Å². The molecule has 0 aliphatic heterocycles. The second-order valence-corrected chi connectivity index (χ2v) is 7.09. The molecule has 4 nitrogen and oxygen atoms in total. The van der Waals surface area contributed by atoms with Gasteiger partial charge in [0.05, 0.1) is 12.6 Å². The molecule has 0 saturated carbocycles. The zero-order chi connectivity index (χ0) is 19.6. The van der Waals surface area contributed by atoms with Gasteiger partial charge in [-0.05, 0) is 74.7 Å². The topological polar surface area (TPSA) is 48.3 Å². The number of carbonyl (C=O) groups is 2. The molecular weight excluding hydrogens is 362 g/mol. The second-order valence-electron chi connectivity index (χ2n) is 6.66. The Kier molecular flexibility index (Phi) is 5.66. The number of methoxy groups -OCH3 is 1. The summed E-state index contributed by atoms with van der Waals surface area (Å²) < 4.78 is 7.10. The summed E-state index contributed by atoms with van der Waals surface area (Å²) in [7, 11) is 1.63. The fourth-order valence-corrected chi connectivity index (χ4v) is 3.49. The first-order valence-electron chi connectivity index (χ1n) is 8.90. The molecule has 1 aromatic heterocycles. The summed E-state index contributed by atoms with van der Waals surface area (Å²) >= 11 is 5.96. The Balaban J connectivity index is 2.13. The molecule has 27 heavy (non-hydrogen) atoms. The van der Waals surface area contributed by atoms with E-state index >= 15 is 0 Å². The van der Waals surface area contributed by atoms with E-state index < -0.39 is 0 Å². The Morgan fingerprint density at radius 3 is 2.44 bits per heavy atom. The van der Waals surface area contributed by atoms with Gasteiger partial charge in [-0.15, -0.1) is 0 Å². The van der Waals surface area contributed by atoms with Gasteiger partial charge >= 0.3 is 0 Å². The zero-order valence-electron chi connectivity index (χ0n) is 15.7. The minimum absolute atomic E-state index is 0.104. The average Bonchev–Trinajstić information content (AvgIpc) is 2.93. The van der Waals surface area contributed by atoms with Gasteiger partial charge in [-0.3, -0.25) is 9.36 Å². The van der Waals surface area contributed by atoms with Gasteiger partial charge in [-0.2, -0.15) is 0 Å². The lowest BCUT2D eigenvalue weighted by Crippen LogP contribution is -2.15. The van der Waals surface area contributed by atoms with E-state index in [0.29, 0.717) is 29.8 Å². The summed E-state index contributed by atoms with van der Waals surface area (Å²) in [6, 6.07) is 12.6. The van der Waals surface area contributed by atoms with E-state index in [4.69, 9.17) is 16.3 Å². The number of hydrogen-bond acceptors (Lipinski definition) is 3. The number of carbonyl (C=O) groups excluding carboxylic acids is 2. The lowest BCUT2D eigenvalue weighted by atomic mass is 10.1. The summed E-state index contributed by atoms with van der Waals surface area (Å²) in [6.45, 7) is 3.60. The minimum atomic E-state index is -0.104. The molecule has 3 aromatic rings. The normalized spacial score (nSPS) is 11.0. The number of halogens is 1. The van der Waals surface area contributed by atoms with E-state index in [-0.39, 0.29) is 11.7 Å². The van der Waals surface area contributed by atoms with E-state index in [2.05, 4.69) is 0 Å². The van der Waals surface area contributed by atoms with Gasteiger partial charge in [-0.25, -0.2) is 0 Å². The van der Waals surface area contributed by atoms with Gasteiger partial charge in [0, 0.05) is 28.1 Å². The van der Waals surface area contributed by atoms with E-state index in [1.54, 1.807) is 42.9 Å². The minimum Gasteiger partial charge on any atom is -0.497 e. The van der Waals surface area contributed by atoms with Crippen LogP contribution >= 0.6 is 11.6 Å². The summed E-state index contributed by atoms with van der Waals surface area (Å²) in [5.74, 6) is 0.797.